The van der Waals surface area contributed by atoms with Gasteiger partial charge in [0.05, 0.1) is 7.11 Å². The van der Waals surface area contributed by atoms with E-state index in [4.69, 9.17) is 4.74 Å². The van der Waals surface area contributed by atoms with Crippen molar-refractivity contribution in [1.82, 2.24) is 0 Å². The van der Waals surface area contributed by atoms with Gasteiger partial charge >= 0.3 is 0 Å². The van der Waals surface area contributed by atoms with E-state index < -0.39 is 0 Å². The SMILES string of the molecule is COc1ccc2c(c1)CC[C@H]1C=CC[C@@H]21. The van der Waals surface area contributed by atoms with Crippen molar-refractivity contribution in [3.05, 3.63) is 41.5 Å². The van der Waals surface area contributed by atoms with Crippen LogP contribution in [0, 0.1) is 5.92 Å². The Morgan fingerprint density at radius 3 is 3.13 bits per heavy atom. The van der Waals surface area contributed by atoms with Gasteiger partial charge in [-0.1, -0.05) is 18.2 Å². The van der Waals surface area contributed by atoms with E-state index >= 15 is 0 Å². The Kier molecular flexibility index (Phi) is 2.05. The van der Waals surface area contributed by atoms with Crippen LogP contribution in [-0.4, -0.2) is 7.11 Å². The van der Waals surface area contributed by atoms with E-state index in [1.165, 1.54) is 24.8 Å². The minimum atomic E-state index is 0.750. The van der Waals surface area contributed by atoms with Crippen LogP contribution in [0.1, 0.15) is 29.9 Å². The first-order valence-corrected chi connectivity index (χ1v) is 5.72. The lowest BCUT2D eigenvalue weighted by Gasteiger charge is -2.28. The zero-order valence-electron chi connectivity index (χ0n) is 9.07. The van der Waals surface area contributed by atoms with Crippen molar-refractivity contribution < 1.29 is 4.74 Å². The number of hydrogen-bond acceptors (Lipinski definition) is 1. The van der Waals surface area contributed by atoms with Gasteiger partial charge in [0.25, 0.3) is 0 Å². The van der Waals surface area contributed by atoms with Crippen molar-refractivity contribution in [3.8, 4) is 5.75 Å². The summed E-state index contributed by atoms with van der Waals surface area (Å²) < 4.78 is 5.28. The molecule has 1 aromatic rings. The Hall–Kier alpha value is -1.24. The number of methoxy groups -OCH3 is 1. The molecular weight excluding hydrogens is 184 g/mol. The van der Waals surface area contributed by atoms with Crippen LogP contribution in [0.2, 0.25) is 0 Å². The molecule has 0 aliphatic heterocycles. The Labute approximate surface area is 90.8 Å². The summed E-state index contributed by atoms with van der Waals surface area (Å²) in [6, 6.07) is 6.57. The van der Waals surface area contributed by atoms with Gasteiger partial charge in [0, 0.05) is 0 Å². The predicted octanol–water partition coefficient (Wildman–Crippen LogP) is 3.30. The van der Waals surface area contributed by atoms with Gasteiger partial charge in [0.15, 0.2) is 0 Å². The summed E-state index contributed by atoms with van der Waals surface area (Å²) in [4.78, 5) is 0. The van der Waals surface area contributed by atoms with E-state index in [9.17, 15) is 0 Å². The molecule has 0 aromatic heterocycles. The molecule has 1 aromatic carbocycles. The van der Waals surface area contributed by atoms with Crippen LogP contribution in [0.3, 0.4) is 0 Å². The maximum absolute atomic E-state index is 5.28. The summed E-state index contributed by atoms with van der Waals surface area (Å²) in [6.45, 7) is 0. The van der Waals surface area contributed by atoms with Crippen LogP contribution in [0.5, 0.6) is 5.75 Å². The van der Waals surface area contributed by atoms with Crippen LogP contribution in [0.25, 0.3) is 0 Å². The lowest BCUT2D eigenvalue weighted by Crippen LogP contribution is -2.15. The zero-order chi connectivity index (χ0) is 10.3. The van der Waals surface area contributed by atoms with Gasteiger partial charge in [0.1, 0.15) is 5.75 Å². The number of rotatable bonds is 1. The van der Waals surface area contributed by atoms with Crippen LogP contribution in [0.15, 0.2) is 30.4 Å². The van der Waals surface area contributed by atoms with E-state index in [1.54, 1.807) is 12.7 Å². The summed E-state index contributed by atoms with van der Waals surface area (Å²) >= 11 is 0. The van der Waals surface area contributed by atoms with Crippen molar-refractivity contribution in [2.75, 3.05) is 7.11 Å². The molecule has 2 aliphatic carbocycles. The maximum atomic E-state index is 5.28. The molecule has 0 unspecified atom stereocenters. The molecule has 2 aliphatic rings. The van der Waals surface area contributed by atoms with Crippen LogP contribution < -0.4 is 4.74 Å². The Balaban J connectivity index is 2.01. The molecule has 0 amide bonds. The average Bonchev–Trinajstić information content (AvgIpc) is 2.76. The molecule has 1 heteroatoms. The summed E-state index contributed by atoms with van der Waals surface area (Å²) in [6.07, 6.45) is 8.48. The molecule has 1 nitrogen and oxygen atoms in total. The molecule has 0 radical (unpaired) electrons. The summed E-state index contributed by atoms with van der Waals surface area (Å²) in [7, 11) is 1.74. The van der Waals surface area contributed by atoms with Crippen molar-refractivity contribution >= 4 is 0 Å². The highest BCUT2D eigenvalue weighted by atomic mass is 16.5. The first-order chi connectivity index (χ1) is 7.38. The van der Waals surface area contributed by atoms with Crippen LogP contribution >= 0.6 is 0 Å². The molecule has 0 spiro atoms. The highest BCUT2D eigenvalue weighted by molar-refractivity contribution is 5.41. The normalized spacial score (nSPS) is 27.3. The molecule has 2 atom stereocenters. The zero-order valence-corrected chi connectivity index (χ0v) is 9.07. The number of fused-ring (bicyclic) bond motifs is 3. The van der Waals surface area contributed by atoms with Gasteiger partial charge in [-0.05, 0) is 54.4 Å². The number of ether oxygens (including phenoxy) is 1. The first kappa shape index (κ1) is 9.02. The monoisotopic (exact) mass is 200 g/mol. The van der Waals surface area contributed by atoms with Crippen molar-refractivity contribution in [2.24, 2.45) is 5.92 Å². The second-order valence-corrected chi connectivity index (χ2v) is 4.54. The lowest BCUT2D eigenvalue weighted by atomic mass is 9.77. The lowest BCUT2D eigenvalue weighted by molar-refractivity contribution is 0.411. The molecule has 0 saturated carbocycles. The number of benzene rings is 1. The van der Waals surface area contributed by atoms with Gasteiger partial charge in [-0.15, -0.1) is 0 Å². The van der Waals surface area contributed by atoms with Gasteiger partial charge in [-0.25, -0.2) is 0 Å². The van der Waals surface area contributed by atoms with Crippen molar-refractivity contribution in [2.45, 2.75) is 25.2 Å². The molecule has 0 N–H and O–H groups in total. The first-order valence-electron chi connectivity index (χ1n) is 5.72. The fraction of sp³-hybridized carbons (Fsp3) is 0.429. The smallest absolute Gasteiger partial charge is 0.119 e. The molecule has 0 saturated heterocycles. The van der Waals surface area contributed by atoms with Gasteiger partial charge < -0.3 is 4.74 Å². The largest absolute Gasteiger partial charge is 0.497 e. The topological polar surface area (TPSA) is 9.23 Å². The van der Waals surface area contributed by atoms with Gasteiger partial charge in [0.2, 0.25) is 0 Å². The number of allylic oxidation sites excluding steroid dienone is 2. The van der Waals surface area contributed by atoms with E-state index in [-0.39, 0.29) is 0 Å². The van der Waals surface area contributed by atoms with E-state index in [0.29, 0.717) is 0 Å². The van der Waals surface area contributed by atoms with E-state index in [2.05, 4.69) is 30.4 Å². The standard InChI is InChI=1S/C14H16O/c1-15-12-7-8-14-11(9-12)6-5-10-3-2-4-13(10)14/h2-3,7-10,13H,4-6H2,1H3/t10-,13-/m1/s1. The molecule has 0 heterocycles. The number of aryl methyl sites for hydroxylation is 1. The Morgan fingerprint density at radius 2 is 2.27 bits per heavy atom. The second kappa shape index (κ2) is 3.41. The van der Waals surface area contributed by atoms with E-state index in [1.807, 2.05) is 0 Å². The second-order valence-electron chi connectivity index (χ2n) is 4.54. The van der Waals surface area contributed by atoms with E-state index in [0.717, 1.165) is 17.6 Å². The molecule has 3 rings (SSSR count). The third-order valence-corrected chi connectivity index (χ3v) is 3.79. The highest BCUT2D eigenvalue weighted by Crippen LogP contribution is 2.43. The van der Waals surface area contributed by atoms with Gasteiger partial charge in [-0.2, -0.15) is 0 Å². The average molecular weight is 200 g/mol. The fourth-order valence-electron chi connectivity index (χ4n) is 2.97. The summed E-state index contributed by atoms with van der Waals surface area (Å²) in [5.74, 6) is 2.55. The molecule has 0 fully saturated rings. The molecule has 0 bridgehead atoms. The predicted molar refractivity (Wildman–Crippen MR) is 61.3 cm³/mol. The highest BCUT2D eigenvalue weighted by Gasteiger charge is 2.29. The Morgan fingerprint density at radius 1 is 1.33 bits per heavy atom. The van der Waals surface area contributed by atoms with Crippen molar-refractivity contribution in [3.63, 3.8) is 0 Å². The summed E-state index contributed by atoms with van der Waals surface area (Å²) in [5.41, 5.74) is 3.05. The maximum Gasteiger partial charge on any atom is 0.119 e. The third-order valence-electron chi connectivity index (χ3n) is 3.79. The van der Waals surface area contributed by atoms with Gasteiger partial charge in [-0.3, -0.25) is 0 Å². The molecule has 15 heavy (non-hydrogen) atoms. The van der Waals surface area contributed by atoms with Crippen LogP contribution in [-0.2, 0) is 6.42 Å². The Bertz CT molecular complexity index is 406. The molecular formula is C14H16O. The fourth-order valence-corrected chi connectivity index (χ4v) is 2.97. The minimum Gasteiger partial charge on any atom is -0.497 e. The quantitative estimate of drug-likeness (QED) is 0.632. The van der Waals surface area contributed by atoms with Crippen LogP contribution in [0.4, 0.5) is 0 Å². The summed E-state index contributed by atoms with van der Waals surface area (Å²) in [5, 5.41) is 0. The number of hydrogen-bond donors (Lipinski definition) is 0. The molecule has 78 valence electrons. The van der Waals surface area contributed by atoms with Crippen molar-refractivity contribution in [1.29, 1.82) is 0 Å². The third kappa shape index (κ3) is 1.38. The minimum absolute atomic E-state index is 0.750.